The summed E-state index contributed by atoms with van der Waals surface area (Å²) in [5.41, 5.74) is 0.129. The second-order valence-electron chi connectivity index (χ2n) is 7.38. The first-order valence-corrected chi connectivity index (χ1v) is 8.15. The minimum Gasteiger partial charge on any atom is -0.394 e. The van der Waals surface area contributed by atoms with Gasteiger partial charge in [0.25, 0.3) is 0 Å². The number of para-hydroxylation sites is 1. The smallest absolute Gasteiger partial charge is 0.322 e. The van der Waals surface area contributed by atoms with Gasteiger partial charge in [-0.2, -0.15) is 0 Å². The van der Waals surface area contributed by atoms with Gasteiger partial charge in [0.2, 0.25) is 0 Å². The number of likely N-dealkylation sites (tertiary alicyclic amines) is 1. The van der Waals surface area contributed by atoms with E-state index in [0.717, 1.165) is 18.5 Å². The highest BCUT2D eigenvalue weighted by molar-refractivity contribution is 5.90. The molecule has 0 aliphatic carbocycles. The quantitative estimate of drug-likeness (QED) is 0.895. The highest BCUT2D eigenvalue weighted by Crippen LogP contribution is 2.40. The lowest BCUT2D eigenvalue weighted by atomic mass is 9.78. The molecule has 0 radical (unpaired) electrons. The summed E-state index contributed by atoms with van der Waals surface area (Å²) in [6, 6.07) is 9.41. The van der Waals surface area contributed by atoms with Crippen molar-refractivity contribution in [1.82, 2.24) is 4.90 Å². The zero-order valence-electron chi connectivity index (χ0n) is 14.5. The number of carbonyl (C=O) groups excluding carboxylic acids is 1. The number of aliphatic hydroxyl groups is 1. The Labute approximate surface area is 138 Å². The van der Waals surface area contributed by atoms with E-state index in [1.807, 2.05) is 35.2 Å². The van der Waals surface area contributed by atoms with Crippen LogP contribution in [0.2, 0.25) is 0 Å². The first-order chi connectivity index (χ1) is 10.8. The SMILES string of the molecule is CC1(C)CC(OCCO)CC(C)(C)N1C(=O)Nc1ccccc1. The molecule has 1 aliphatic heterocycles. The molecule has 1 saturated heterocycles. The number of ether oxygens (including phenoxy) is 1. The Bertz CT molecular complexity index is 510. The molecule has 0 saturated carbocycles. The van der Waals surface area contributed by atoms with E-state index in [2.05, 4.69) is 33.0 Å². The third-order valence-corrected chi connectivity index (χ3v) is 4.34. The van der Waals surface area contributed by atoms with E-state index in [1.54, 1.807) is 0 Å². The number of rotatable bonds is 4. The number of piperidine rings is 1. The summed E-state index contributed by atoms with van der Waals surface area (Å²) in [7, 11) is 0. The molecule has 128 valence electrons. The van der Waals surface area contributed by atoms with E-state index in [9.17, 15) is 4.79 Å². The Kier molecular flexibility index (Phi) is 5.32. The zero-order chi connectivity index (χ0) is 17.1. The average Bonchev–Trinajstić information content (AvgIpc) is 2.43. The van der Waals surface area contributed by atoms with Crippen LogP contribution in [0.3, 0.4) is 0 Å². The molecular weight excluding hydrogens is 292 g/mol. The number of carbonyl (C=O) groups is 1. The molecule has 1 fully saturated rings. The monoisotopic (exact) mass is 320 g/mol. The van der Waals surface area contributed by atoms with Crippen molar-refractivity contribution in [3.05, 3.63) is 30.3 Å². The Hall–Kier alpha value is -1.59. The van der Waals surface area contributed by atoms with Crippen LogP contribution in [0, 0.1) is 0 Å². The summed E-state index contributed by atoms with van der Waals surface area (Å²) < 4.78 is 5.74. The van der Waals surface area contributed by atoms with Crippen LogP contribution in [0.5, 0.6) is 0 Å². The molecule has 23 heavy (non-hydrogen) atoms. The number of nitrogens with zero attached hydrogens (tertiary/aromatic N) is 1. The van der Waals surface area contributed by atoms with E-state index in [1.165, 1.54) is 0 Å². The summed E-state index contributed by atoms with van der Waals surface area (Å²) in [6.45, 7) is 8.62. The van der Waals surface area contributed by atoms with E-state index in [0.29, 0.717) is 6.61 Å². The van der Waals surface area contributed by atoms with Crippen LogP contribution in [-0.2, 0) is 4.74 Å². The van der Waals surface area contributed by atoms with Gasteiger partial charge in [-0.15, -0.1) is 0 Å². The summed E-state index contributed by atoms with van der Waals surface area (Å²) in [5, 5.41) is 11.9. The Balaban J connectivity index is 2.15. The van der Waals surface area contributed by atoms with Crippen molar-refractivity contribution in [2.45, 2.75) is 57.7 Å². The van der Waals surface area contributed by atoms with Crippen LogP contribution >= 0.6 is 0 Å². The fraction of sp³-hybridized carbons (Fsp3) is 0.611. The molecule has 0 aromatic heterocycles. The van der Waals surface area contributed by atoms with Crippen LogP contribution in [0.1, 0.15) is 40.5 Å². The first kappa shape index (κ1) is 17.8. The third-order valence-electron chi connectivity index (χ3n) is 4.34. The maximum absolute atomic E-state index is 12.9. The van der Waals surface area contributed by atoms with E-state index >= 15 is 0 Å². The second-order valence-corrected chi connectivity index (χ2v) is 7.38. The predicted molar refractivity (Wildman–Crippen MR) is 91.5 cm³/mol. The molecule has 0 bridgehead atoms. The lowest BCUT2D eigenvalue weighted by molar-refractivity contribution is -0.0832. The molecule has 1 heterocycles. The summed E-state index contributed by atoms with van der Waals surface area (Å²) in [4.78, 5) is 14.8. The van der Waals surface area contributed by atoms with E-state index in [-0.39, 0.29) is 29.8 Å². The van der Waals surface area contributed by atoms with Crippen molar-refractivity contribution < 1.29 is 14.6 Å². The maximum atomic E-state index is 12.9. The van der Waals surface area contributed by atoms with Gasteiger partial charge in [0, 0.05) is 16.8 Å². The van der Waals surface area contributed by atoms with Crippen molar-refractivity contribution in [3.63, 3.8) is 0 Å². The van der Waals surface area contributed by atoms with Crippen molar-refractivity contribution in [2.24, 2.45) is 0 Å². The molecular formula is C18H28N2O3. The van der Waals surface area contributed by atoms with Gasteiger partial charge in [-0.1, -0.05) is 18.2 Å². The van der Waals surface area contributed by atoms with Crippen molar-refractivity contribution in [3.8, 4) is 0 Å². The number of benzene rings is 1. The predicted octanol–water partition coefficient (Wildman–Crippen LogP) is 3.25. The normalized spacial score (nSPS) is 20.3. The van der Waals surface area contributed by atoms with Crippen molar-refractivity contribution in [1.29, 1.82) is 0 Å². The second kappa shape index (κ2) is 6.89. The van der Waals surface area contributed by atoms with Crippen LogP contribution in [0.15, 0.2) is 30.3 Å². The maximum Gasteiger partial charge on any atom is 0.322 e. The number of anilines is 1. The third kappa shape index (κ3) is 4.24. The topological polar surface area (TPSA) is 61.8 Å². The Morgan fingerprint density at radius 3 is 2.30 bits per heavy atom. The van der Waals surface area contributed by atoms with Crippen LogP contribution in [0.4, 0.5) is 10.5 Å². The first-order valence-electron chi connectivity index (χ1n) is 8.15. The van der Waals surface area contributed by atoms with E-state index in [4.69, 9.17) is 9.84 Å². The zero-order valence-corrected chi connectivity index (χ0v) is 14.5. The molecule has 5 heteroatoms. The van der Waals surface area contributed by atoms with Crippen molar-refractivity contribution in [2.75, 3.05) is 18.5 Å². The Morgan fingerprint density at radius 2 is 1.78 bits per heavy atom. The molecule has 0 spiro atoms. The number of amides is 2. The minimum atomic E-state index is -0.333. The fourth-order valence-corrected chi connectivity index (χ4v) is 3.78. The largest absolute Gasteiger partial charge is 0.394 e. The van der Waals surface area contributed by atoms with Gasteiger partial charge in [-0.05, 0) is 52.7 Å². The van der Waals surface area contributed by atoms with Crippen LogP contribution < -0.4 is 5.32 Å². The number of urea groups is 1. The molecule has 2 rings (SSSR count). The van der Waals surface area contributed by atoms with E-state index < -0.39 is 0 Å². The van der Waals surface area contributed by atoms with Crippen LogP contribution in [0.25, 0.3) is 0 Å². The summed E-state index contributed by atoms with van der Waals surface area (Å²) in [5.74, 6) is 0. The molecule has 2 N–H and O–H groups in total. The fourth-order valence-electron chi connectivity index (χ4n) is 3.78. The summed E-state index contributed by atoms with van der Waals surface area (Å²) >= 11 is 0. The van der Waals surface area contributed by atoms with Gasteiger partial charge >= 0.3 is 6.03 Å². The molecule has 5 nitrogen and oxygen atoms in total. The highest BCUT2D eigenvalue weighted by atomic mass is 16.5. The van der Waals surface area contributed by atoms with Gasteiger partial charge in [-0.3, -0.25) is 0 Å². The van der Waals surface area contributed by atoms with Gasteiger partial charge in [0.05, 0.1) is 19.3 Å². The minimum absolute atomic E-state index is 0.0234. The molecule has 1 aromatic carbocycles. The average molecular weight is 320 g/mol. The number of aliphatic hydroxyl groups excluding tert-OH is 1. The molecule has 0 unspecified atom stereocenters. The molecule has 1 aromatic rings. The van der Waals surface area contributed by atoms with Crippen molar-refractivity contribution >= 4 is 11.7 Å². The number of hydrogen-bond donors (Lipinski definition) is 2. The van der Waals surface area contributed by atoms with Crippen LogP contribution in [-0.4, -0.2) is 46.4 Å². The number of hydrogen-bond acceptors (Lipinski definition) is 3. The number of nitrogens with one attached hydrogen (secondary N) is 1. The van der Waals surface area contributed by atoms with Gasteiger partial charge in [0.1, 0.15) is 0 Å². The van der Waals surface area contributed by atoms with Gasteiger partial charge in [-0.25, -0.2) is 4.79 Å². The summed E-state index contributed by atoms with van der Waals surface area (Å²) in [6.07, 6.45) is 1.55. The van der Waals surface area contributed by atoms with Gasteiger partial charge < -0.3 is 20.1 Å². The Morgan fingerprint density at radius 1 is 1.22 bits per heavy atom. The highest BCUT2D eigenvalue weighted by Gasteiger charge is 2.48. The molecule has 1 aliphatic rings. The standard InChI is InChI=1S/C18H28N2O3/c1-17(2)12-15(23-11-10-21)13-18(3,4)20(17)16(22)19-14-8-6-5-7-9-14/h5-9,15,21H,10-13H2,1-4H3,(H,19,22). The van der Waals surface area contributed by atoms with Gasteiger partial charge in [0.15, 0.2) is 0 Å². The molecule has 2 amide bonds. The lowest BCUT2D eigenvalue weighted by Crippen LogP contribution is -2.65. The molecule has 0 atom stereocenters. The lowest BCUT2D eigenvalue weighted by Gasteiger charge is -2.54.